The van der Waals surface area contributed by atoms with Crippen LogP contribution in [0.3, 0.4) is 0 Å². The molecule has 0 aliphatic heterocycles. The minimum absolute atomic E-state index is 0.610. The molecule has 0 N–H and O–H groups in total. The summed E-state index contributed by atoms with van der Waals surface area (Å²) in [7, 11) is 2.53. The summed E-state index contributed by atoms with van der Waals surface area (Å²) in [5.41, 5.74) is 3.41. The van der Waals surface area contributed by atoms with Crippen molar-refractivity contribution in [3.63, 3.8) is 0 Å². The number of carbonyl (C=O) groups is 2. The van der Waals surface area contributed by atoms with Crippen molar-refractivity contribution in [1.29, 1.82) is 0 Å². The number of para-hydroxylation sites is 1. The third-order valence-corrected chi connectivity index (χ3v) is 3.99. The zero-order valence-corrected chi connectivity index (χ0v) is 13.2. The molecule has 118 valence electrons. The van der Waals surface area contributed by atoms with Gasteiger partial charge in [-0.1, -0.05) is 24.3 Å². The molecule has 0 saturated heterocycles. The third kappa shape index (κ3) is 2.34. The van der Waals surface area contributed by atoms with E-state index in [9.17, 15) is 9.59 Å². The quantitative estimate of drug-likeness (QED) is 0.551. The lowest BCUT2D eigenvalue weighted by Gasteiger charge is -2.12. The fraction of sp³-hybridized carbons (Fsp3) is 0.222. The summed E-state index contributed by atoms with van der Waals surface area (Å²) in [6.45, 7) is 1.99. The van der Waals surface area contributed by atoms with E-state index in [1.807, 2.05) is 53.9 Å². The van der Waals surface area contributed by atoms with Gasteiger partial charge in [0, 0.05) is 17.1 Å². The molecule has 0 aliphatic rings. The van der Waals surface area contributed by atoms with E-state index in [2.05, 4.69) is 0 Å². The molecule has 0 bridgehead atoms. The summed E-state index contributed by atoms with van der Waals surface area (Å²) >= 11 is 0. The number of hydrogen-bond donors (Lipinski definition) is 0. The first-order valence-electron chi connectivity index (χ1n) is 7.23. The molecule has 0 radical (unpaired) electrons. The number of carbonyl (C=O) groups excluding carboxylic acids is 2. The van der Waals surface area contributed by atoms with Gasteiger partial charge in [-0.15, -0.1) is 0 Å². The van der Waals surface area contributed by atoms with E-state index in [0.29, 0.717) is 5.56 Å². The maximum absolute atomic E-state index is 12.2. The lowest BCUT2D eigenvalue weighted by molar-refractivity contribution is -0.154. The first kappa shape index (κ1) is 15.1. The summed E-state index contributed by atoms with van der Waals surface area (Å²) in [4.78, 5) is 24.5. The summed E-state index contributed by atoms with van der Waals surface area (Å²) in [6.07, 6.45) is 1.98. The minimum Gasteiger partial charge on any atom is -0.468 e. The van der Waals surface area contributed by atoms with Crippen LogP contribution in [0.15, 0.2) is 42.6 Å². The van der Waals surface area contributed by atoms with Crippen molar-refractivity contribution in [3.8, 4) is 0 Å². The van der Waals surface area contributed by atoms with Crippen LogP contribution in [0.4, 0.5) is 0 Å². The number of benzene rings is 1. The average molecular weight is 311 g/mol. The van der Waals surface area contributed by atoms with Crippen LogP contribution >= 0.6 is 0 Å². The number of aryl methyl sites for hydroxylation is 1. The van der Waals surface area contributed by atoms with Crippen LogP contribution in [-0.4, -0.2) is 30.6 Å². The molecule has 3 rings (SSSR count). The Morgan fingerprint density at radius 2 is 1.61 bits per heavy atom. The summed E-state index contributed by atoms with van der Waals surface area (Å²) in [5, 5.41) is 0.832. The van der Waals surface area contributed by atoms with Crippen LogP contribution in [0.25, 0.3) is 16.4 Å². The van der Waals surface area contributed by atoms with Gasteiger partial charge >= 0.3 is 11.9 Å². The van der Waals surface area contributed by atoms with Gasteiger partial charge in [0.2, 0.25) is 0 Å². The second kappa shape index (κ2) is 5.76. The second-order valence-electron chi connectivity index (χ2n) is 5.37. The van der Waals surface area contributed by atoms with Crippen molar-refractivity contribution in [1.82, 2.24) is 4.40 Å². The predicted molar refractivity (Wildman–Crippen MR) is 86.4 cm³/mol. The summed E-state index contributed by atoms with van der Waals surface area (Å²) in [5.74, 6) is -2.37. The number of rotatable bonds is 3. The monoisotopic (exact) mass is 311 g/mol. The number of methoxy groups -OCH3 is 2. The van der Waals surface area contributed by atoms with Crippen molar-refractivity contribution in [3.05, 3.63) is 53.7 Å². The zero-order chi connectivity index (χ0) is 16.6. The third-order valence-electron chi connectivity index (χ3n) is 3.99. The molecular weight excluding hydrogens is 294 g/mol. The molecule has 0 amide bonds. The Morgan fingerprint density at radius 3 is 2.26 bits per heavy atom. The first-order valence-corrected chi connectivity index (χ1v) is 7.23. The molecule has 5 nitrogen and oxygen atoms in total. The Hall–Kier alpha value is -2.82. The molecule has 3 aromatic rings. The lowest BCUT2D eigenvalue weighted by Crippen LogP contribution is -2.24. The van der Waals surface area contributed by atoms with Gasteiger partial charge in [0.15, 0.2) is 5.92 Å². The van der Waals surface area contributed by atoms with E-state index in [-0.39, 0.29) is 0 Å². The molecule has 23 heavy (non-hydrogen) atoms. The van der Waals surface area contributed by atoms with Crippen molar-refractivity contribution in [2.75, 3.05) is 14.2 Å². The molecule has 0 spiro atoms. The van der Waals surface area contributed by atoms with E-state index in [0.717, 1.165) is 22.0 Å². The highest BCUT2D eigenvalue weighted by Gasteiger charge is 2.34. The fourth-order valence-corrected chi connectivity index (χ4v) is 2.95. The standard InChI is InChI=1S/C18H17NO4/c1-11-8-9-14-15(16(17(20)22-2)18(21)23-3)12-6-4-5-7-13(12)19(14)10-11/h4-10,16H,1-3H3. The Labute approximate surface area is 133 Å². The summed E-state index contributed by atoms with van der Waals surface area (Å²) < 4.78 is 11.6. The minimum atomic E-state index is -1.11. The normalized spacial score (nSPS) is 11.1. The number of ether oxygens (including phenoxy) is 2. The molecule has 2 aromatic heterocycles. The molecule has 0 atom stereocenters. The van der Waals surface area contributed by atoms with E-state index in [1.54, 1.807) is 0 Å². The van der Waals surface area contributed by atoms with Gasteiger partial charge in [-0.3, -0.25) is 9.59 Å². The molecule has 5 heteroatoms. The SMILES string of the molecule is COC(=O)C(C(=O)OC)c1c2ccccc2n2cc(C)ccc12. The van der Waals surface area contributed by atoms with E-state index >= 15 is 0 Å². The molecule has 1 aromatic carbocycles. The van der Waals surface area contributed by atoms with Crippen molar-refractivity contribution in [2.45, 2.75) is 12.8 Å². The molecule has 0 saturated carbocycles. The highest BCUT2D eigenvalue weighted by Crippen LogP contribution is 2.34. The molecule has 0 aliphatic carbocycles. The van der Waals surface area contributed by atoms with Gasteiger partial charge in [-0.05, 0) is 24.6 Å². The number of nitrogens with zero attached hydrogens (tertiary/aromatic N) is 1. The lowest BCUT2D eigenvalue weighted by atomic mass is 9.96. The molecule has 0 fully saturated rings. The zero-order valence-electron chi connectivity index (χ0n) is 13.2. The number of hydrogen-bond acceptors (Lipinski definition) is 4. The Bertz CT molecular complexity index is 894. The second-order valence-corrected chi connectivity index (χ2v) is 5.37. The Morgan fingerprint density at radius 1 is 0.957 bits per heavy atom. The van der Waals surface area contributed by atoms with Gasteiger partial charge in [0.05, 0.1) is 25.3 Å². The van der Waals surface area contributed by atoms with Crippen LogP contribution < -0.4 is 0 Å². The smallest absolute Gasteiger partial charge is 0.324 e. The van der Waals surface area contributed by atoms with E-state index < -0.39 is 17.9 Å². The first-order chi connectivity index (χ1) is 11.1. The number of aromatic nitrogens is 1. The van der Waals surface area contributed by atoms with Crippen LogP contribution in [0.2, 0.25) is 0 Å². The van der Waals surface area contributed by atoms with E-state index in [4.69, 9.17) is 9.47 Å². The van der Waals surface area contributed by atoms with Crippen LogP contribution in [-0.2, 0) is 19.1 Å². The fourth-order valence-electron chi connectivity index (χ4n) is 2.95. The average Bonchev–Trinajstić information content (AvgIpc) is 2.89. The van der Waals surface area contributed by atoms with Crippen LogP contribution in [0.5, 0.6) is 0 Å². The molecule has 2 heterocycles. The predicted octanol–water partition coefficient (Wildman–Crippen LogP) is 2.83. The molecule has 0 unspecified atom stereocenters. The van der Waals surface area contributed by atoms with Crippen molar-refractivity contribution in [2.24, 2.45) is 0 Å². The Kier molecular flexibility index (Phi) is 3.78. The topological polar surface area (TPSA) is 57.0 Å². The number of esters is 2. The molecular formula is C18H17NO4. The van der Waals surface area contributed by atoms with Crippen LogP contribution in [0, 0.1) is 6.92 Å². The largest absolute Gasteiger partial charge is 0.468 e. The van der Waals surface area contributed by atoms with Crippen molar-refractivity contribution < 1.29 is 19.1 Å². The Balaban J connectivity index is 2.41. The maximum atomic E-state index is 12.2. The van der Waals surface area contributed by atoms with Crippen LogP contribution in [0.1, 0.15) is 17.0 Å². The maximum Gasteiger partial charge on any atom is 0.324 e. The van der Waals surface area contributed by atoms with Gasteiger partial charge in [-0.25, -0.2) is 0 Å². The number of pyridine rings is 1. The van der Waals surface area contributed by atoms with Gasteiger partial charge in [0.25, 0.3) is 0 Å². The van der Waals surface area contributed by atoms with Gasteiger partial charge < -0.3 is 13.9 Å². The highest BCUT2D eigenvalue weighted by molar-refractivity contribution is 6.08. The van der Waals surface area contributed by atoms with Gasteiger partial charge in [0.1, 0.15) is 0 Å². The highest BCUT2D eigenvalue weighted by atomic mass is 16.5. The van der Waals surface area contributed by atoms with E-state index in [1.165, 1.54) is 14.2 Å². The van der Waals surface area contributed by atoms with Gasteiger partial charge in [-0.2, -0.15) is 0 Å². The van der Waals surface area contributed by atoms with Crippen molar-refractivity contribution >= 4 is 28.4 Å². The summed E-state index contributed by atoms with van der Waals surface area (Å²) in [6, 6.07) is 11.5. The number of fused-ring (bicyclic) bond motifs is 3.